The summed E-state index contributed by atoms with van der Waals surface area (Å²) >= 11 is 3.37. The summed E-state index contributed by atoms with van der Waals surface area (Å²) in [7, 11) is 0. The standard InChI is InChI=1S/C15H13BrO2/c16-13-7-4-8-14(11-13)18-10-9-15(17)12-5-2-1-3-6-12/h1-8,11H,9-10H2. The fraction of sp³-hybridized carbons (Fsp3) is 0.133. The maximum Gasteiger partial charge on any atom is 0.166 e. The second-order valence-electron chi connectivity index (χ2n) is 3.85. The van der Waals surface area contributed by atoms with Crippen molar-refractivity contribution >= 4 is 21.7 Å². The summed E-state index contributed by atoms with van der Waals surface area (Å²) in [5.74, 6) is 0.871. The van der Waals surface area contributed by atoms with Gasteiger partial charge in [-0.1, -0.05) is 52.3 Å². The molecule has 0 aliphatic heterocycles. The van der Waals surface area contributed by atoms with E-state index in [0.29, 0.717) is 13.0 Å². The molecule has 0 amide bonds. The van der Waals surface area contributed by atoms with Crippen LogP contribution in [0.4, 0.5) is 0 Å². The topological polar surface area (TPSA) is 26.3 Å². The molecular formula is C15H13BrO2. The monoisotopic (exact) mass is 304 g/mol. The first-order valence-electron chi connectivity index (χ1n) is 5.72. The van der Waals surface area contributed by atoms with E-state index >= 15 is 0 Å². The van der Waals surface area contributed by atoms with Gasteiger partial charge in [0.25, 0.3) is 0 Å². The van der Waals surface area contributed by atoms with Gasteiger partial charge in [-0.25, -0.2) is 0 Å². The predicted octanol–water partition coefficient (Wildman–Crippen LogP) is 4.10. The zero-order chi connectivity index (χ0) is 12.8. The number of ether oxygens (including phenoxy) is 1. The molecule has 0 aromatic heterocycles. The average Bonchev–Trinajstić information content (AvgIpc) is 2.40. The van der Waals surface area contributed by atoms with Crippen LogP contribution in [0.5, 0.6) is 5.75 Å². The lowest BCUT2D eigenvalue weighted by Crippen LogP contribution is -2.06. The lowest BCUT2D eigenvalue weighted by atomic mass is 10.1. The van der Waals surface area contributed by atoms with Crippen LogP contribution in [0.25, 0.3) is 0 Å². The third-order valence-electron chi connectivity index (χ3n) is 2.49. The van der Waals surface area contributed by atoms with E-state index in [2.05, 4.69) is 15.9 Å². The third kappa shape index (κ3) is 3.70. The predicted molar refractivity (Wildman–Crippen MR) is 75.0 cm³/mol. The van der Waals surface area contributed by atoms with Gasteiger partial charge in [-0.3, -0.25) is 4.79 Å². The summed E-state index contributed by atoms with van der Waals surface area (Å²) in [6.07, 6.45) is 0.385. The summed E-state index contributed by atoms with van der Waals surface area (Å²) in [4.78, 5) is 11.8. The molecule has 0 unspecified atom stereocenters. The minimum atomic E-state index is 0.102. The Morgan fingerprint density at radius 1 is 1.06 bits per heavy atom. The molecule has 2 aromatic carbocycles. The molecule has 2 nitrogen and oxygen atoms in total. The number of ketones is 1. The molecule has 0 N–H and O–H groups in total. The Morgan fingerprint density at radius 2 is 1.83 bits per heavy atom. The Morgan fingerprint density at radius 3 is 2.56 bits per heavy atom. The van der Waals surface area contributed by atoms with Gasteiger partial charge in [0.1, 0.15) is 5.75 Å². The van der Waals surface area contributed by atoms with Crippen LogP contribution in [-0.4, -0.2) is 12.4 Å². The fourth-order valence-electron chi connectivity index (χ4n) is 1.59. The van der Waals surface area contributed by atoms with Gasteiger partial charge < -0.3 is 4.74 Å². The van der Waals surface area contributed by atoms with Gasteiger partial charge in [-0.2, -0.15) is 0 Å². The van der Waals surface area contributed by atoms with Crippen molar-refractivity contribution in [2.75, 3.05) is 6.61 Å². The van der Waals surface area contributed by atoms with Crippen LogP contribution in [0.1, 0.15) is 16.8 Å². The van der Waals surface area contributed by atoms with Crippen molar-refractivity contribution in [2.24, 2.45) is 0 Å². The molecule has 0 saturated carbocycles. The summed E-state index contributed by atoms with van der Waals surface area (Å²) < 4.78 is 6.50. The number of halogens is 1. The molecule has 0 aliphatic carbocycles. The Bertz CT molecular complexity index is 523. The molecule has 0 spiro atoms. The molecule has 2 rings (SSSR count). The molecule has 0 heterocycles. The molecule has 0 bridgehead atoms. The fourth-order valence-corrected chi connectivity index (χ4v) is 1.96. The van der Waals surface area contributed by atoms with E-state index in [1.165, 1.54) is 0 Å². The molecule has 0 radical (unpaired) electrons. The first kappa shape index (κ1) is 12.8. The van der Waals surface area contributed by atoms with Crippen molar-refractivity contribution in [2.45, 2.75) is 6.42 Å². The van der Waals surface area contributed by atoms with E-state index in [1.54, 1.807) is 0 Å². The van der Waals surface area contributed by atoms with Gasteiger partial charge in [0.05, 0.1) is 6.61 Å². The summed E-state index contributed by atoms with van der Waals surface area (Å²) in [5.41, 5.74) is 0.732. The molecule has 0 atom stereocenters. The highest BCUT2D eigenvalue weighted by Crippen LogP contribution is 2.18. The Hall–Kier alpha value is -1.61. The number of Topliss-reactive ketones (excluding diaryl/α,β-unsaturated/α-hetero) is 1. The van der Waals surface area contributed by atoms with Crippen LogP contribution >= 0.6 is 15.9 Å². The lowest BCUT2D eigenvalue weighted by molar-refractivity contribution is 0.0962. The van der Waals surface area contributed by atoms with Crippen LogP contribution in [0.3, 0.4) is 0 Å². The van der Waals surface area contributed by atoms with Gasteiger partial charge in [0, 0.05) is 16.5 Å². The Kier molecular flexibility index (Phi) is 4.53. The highest BCUT2D eigenvalue weighted by molar-refractivity contribution is 9.10. The van der Waals surface area contributed by atoms with Crippen molar-refractivity contribution in [1.29, 1.82) is 0 Å². The smallest absolute Gasteiger partial charge is 0.166 e. The van der Waals surface area contributed by atoms with Gasteiger partial charge in [0.2, 0.25) is 0 Å². The lowest BCUT2D eigenvalue weighted by Gasteiger charge is -2.06. The number of benzene rings is 2. The molecule has 0 fully saturated rings. The number of hydrogen-bond acceptors (Lipinski definition) is 2. The molecule has 2 aromatic rings. The minimum Gasteiger partial charge on any atom is -0.493 e. The SMILES string of the molecule is O=C(CCOc1cccc(Br)c1)c1ccccc1. The maximum atomic E-state index is 11.8. The minimum absolute atomic E-state index is 0.102. The van der Waals surface area contributed by atoms with Crippen LogP contribution < -0.4 is 4.74 Å². The van der Waals surface area contributed by atoms with E-state index in [1.807, 2.05) is 54.6 Å². The van der Waals surface area contributed by atoms with Crippen molar-refractivity contribution in [3.63, 3.8) is 0 Å². The zero-order valence-corrected chi connectivity index (χ0v) is 11.4. The van der Waals surface area contributed by atoms with Gasteiger partial charge in [0.15, 0.2) is 5.78 Å². The maximum absolute atomic E-state index is 11.8. The van der Waals surface area contributed by atoms with Gasteiger partial charge in [-0.15, -0.1) is 0 Å². The van der Waals surface area contributed by atoms with Crippen LogP contribution in [-0.2, 0) is 0 Å². The first-order valence-corrected chi connectivity index (χ1v) is 6.51. The Balaban J connectivity index is 1.84. The number of rotatable bonds is 5. The second kappa shape index (κ2) is 6.36. The number of carbonyl (C=O) groups is 1. The molecule has 3 heteroatoms. The molecule has 0 saturated heterocycles. The van der Waals surface area contributed by atoms with E-state index in [4.69, 9.17) is 4.74 Å². The van der Waals surface area contributed by atoms with Crippen molar-refractivity contribution in [3.8, 4) is 5.75 Å². The highest BCUT2D eigenvalue weighted by Gasteiger charge is 2.05. The van der Waals surface area contributed by atoms with Crippen molar-refractivity contribution in [3.05, 3.63) is 64.6 Å². The quantitative estimate of drug-likeness (QED) is 0.777. The highest BCUT2D eigenvalue weighted by atomic mass is 79.9. The Labute approximate surface area is 115 Å². The summed E-state index contributed by atoms with van der Waals surface area (Å²) in [5, 5.41) is 0. The first-order chi connectivity index (χ1) is 8.75. The normalized spacial score (nSPS) is 10.1. The van der Waals surface area contributed by atoms with E-state index in [0.717, 1.165) is 15.8 Å². The van der Waals surface area contributed by atoms with Crippen molar-refractivity contribution < 1.29 is 9.53 Å². The molecule has 18 heavy (non-hydrogen) atoms. The summed E-state index contributed by atoms with van der Waals surface area (Å²) in [6.45, 7) is 0.393. The second-order valence-corrected chi connectivity index (χ2v) is 4.76. The summed E-state index contributed by atoms with van der Waals surface area (Å²) in [6, 6.07) is 16.9. The largest absolute Gasteiger partial charge is 0.493 e. The van der Waals surface area contributed by atoms with E-state index in [-0.39, 0.29) is 5.78 Å². The van der Waals surface area contributed by atoms with Gasteiger partial charge in [-0.05, 0) is 18.2 Å². The molecule has 0 aliphatic rings. The number of carbonyl (C=O) groups excluding carboxylic acids is 1. The van der Waals surface area contributed by atoms with Crippen LogP contribution in [0.15, 0.2) is 59.1 Å². The molecular weight excluding hydrogens is 292 g/mol. The third-order valence-corrected chi connectivity index (χ3v) is 2.98. The van der Waals surface area contributed by atoms with Crippen LogP contribution in [0.2, 0.25) is 0 Å². The van der Waals surface area contributed by atoms with Crippen molar-refractivity contribution in [1.82, 2.24) is 0 Å². The van der Waals surface area contributed by atoms with Gasteiger partial charge >= 0.3 is 0 Å². The number of hydrogen-bond donors (Lipinski definition) is 0. The van der Waals surface area contributed by atoms with E-state index < -0.39 is 0 Å². The average molecular weight is 305 g/mol. The molecule has 92 valence electrons. The van der Waals surface area contributed by atoms with E-state index in [9.17, 15) is 4.79 Å². The van der Waals surface area contributed by atoms with Crippen LogP contribution in [0, 0.1) is 0 Å². The zero-order valence-electron chi connectivity index (χ0n) is 9.80.